The van der Waals surface area contributed by atoms with Crippen LogP contribution in [-0.2, 0) is 0 Å². The lowest BCUT2D eigenvalue weighted by molar-refractivity contribution is -0.384. The number of aryl methyl sites for hydroxylation is 1. The Bertz CT molecular complexity index is 707. The molecule has 0 amide bonds. The zero-order valence-corrected chi connectivity index (χ0v) is 13.9. The first-order chi connectivity index (χ1) is 11.6. The van der Waals surface area contributed by atoms with Crippen molar-refractivity contribution in [2.45, 2.75) is 39.0 Å². The summed E-state index contributed by atoms with van der Waals surface area (Å²) in [5.41, 5.74) is 1.79. The molecule has 3 rings (SSSR count). The third-order valence-electron chi connectivity index (χ3n) is 4.36. The molecule has 24 heavy (non-hydrogen) atoms. The van der Waals surface area contributed by atoms with E-state index >= 15 is 0 Å². The maximum atomic E-state index is 10.8. The van der Waals surface area contributed by atoms with Gasteiger partial charge < -0.3 is 4.90 Å². The Morgan fingerprint density at radius 1 is 1.00 bits per heavy atom. The molecule has 0 spiro atoms. The SMILES string of the molecule is Cc1cc(N2CCCCCCC2)nc(-c2ccc([N+](=O)[O-])cc2)n1. The summed E-state index contributed by atoms with van der Waals surface area (Å²) in [4.78, 5) is 22.0. The molecule has 1 fully saturated rings. The molecular weight excluding hydrogens is 304 g/mol. The Morgan fingerprint density at radius 3 is 2.25 bits per heavy atom. The zero-order chi connectivity index (χ0) is 16.9. The van der Waals surface area contributed by atoms with E-state index in [4.69, 9.17) is 4.98 Å². The molecule has 1 saturated heterocycles. The molecule has 0 unspecified atom stereocenters. The van der Waals surface area contributed by atoms with E-state index in [2.05, 4.69) is 9.88 Å². The van der Waals surface area contributed by atoms with Gasteiger partial charge in [-0.05, 0) is 31.9 Å². The van der Waals surface area contributed by atoms with Gasteiger partial charge in [-0.3, -0.25) is 10.1 Å². The van der Waals surface area contributed by atoms with Crippen molar-refractivity contribution in [3.05, 3.63) is 46.1 Å². The topological polar surface area (TPSA) is 72.2 Å². The number of nitro groups is 1. The number of non-ortho nitro benzene ring substituents is 1. The van der Waals surface area contributed by atoms with Crippen LogP contribution >= 0.6 is 0 Å². The maximum absolute atomic E-state index is 10.8. The number of anilines is 1. The molecule has 6 heteroatoms. The molecule has 0 atom stereocenters. The standard InChI is InChI=1S/C18H22N4O2/c1-14-13-17(21-11-5-3-2-4-6-12-21)20-18(19-14)15-7-9-16(10-8-15)22(23)24/h7-10,13H,2-6,11-12H2,1H3. The minimum absolute atomic E-state index is 0.0791. The normalized spacial score (nSPS) is 15.6. The first-order valence-electron chi connectivity index (χ1n) is 8.49. The van der Waals surface area contributed by atoms with Gasteiger partial charge in [-0.2, -0.15) is 0 Å². The minimum atomic E-state index is -0.396. The van der Waals surface area contributed by atoms with Crippen molar-refractivity contribution in [1.29, 1.82) is 0 Å². The number of rotatable bonds is 3. The van der Waals surface area contributed by atoms with Crippen LogP contribution < -0.4 is 4.90 Å². The van der Waals surface area contributed by atoms with Crippen LogP contribution in [0.1, 0.15) is 37.8 Å². The molecule has 6 nitrogen and oxygen atoms in total. The molecule has 0 bridgehead atoms. The smallest absolute Gasteiger partial charge is 0.269 e. The van der Waals surface area contributed by atoms with Gasteiger partial charge in [-0.25, -0.2) is 9.97 Å². The molecule has 2 aromatic rings. The van der Waals surface area contributed by atoms with Crippen LogP contribution in [-0.4, -0.2) is 28.0 Å². The first kappa shape index (κ1) is 16.4. The van der Waals surface area contributed by atoms with Crippen molar-refractivity contribution < 1.29 is 4.92 Å². The van der Waals surface area contributed by atoms with E-state index in [0.717, 1.165) is 30.2 Å². The van der Waals surface area contributed by atoms with E-state index in [-0.39, 0.29) is 5.69 Å². The van der Waals surface area contributed by atoms with E-state index in [1.54, 1.807) is 12.1 Å². The molecule has 1 aromatic carbocycles. The number of hydrogen-bond acceptors (Lipinski definition) is 5. The van der Waals surface area contributed by atoms with E-state index in [9.17, 15) is 10.1 Å². The molecule has 126 valence electrons. The highest BCUT2D eigenvalue weighted by Gasteiger charge is 2.14. The molecule has 2 heterocycles. The molecule has 0 aliphatic carbocycles. The largest absolute Gasteiger partial charge is 0.356 e. The zero-order valence-electron chi connectivity index (χ0n) is 13.9. The van der Waals surface area contributed by atoms with Crippen molar-refractivity contribution >= 4 is 11.5 Å². The second-order valence-electron chi connectivity index (χ2n) is 6.25. The van der Waals surface area contributed by atoms with Gasteiger partial charge in [0.15, 0.2) is 5.82 Å². The average molecular weight is 326 g/mol. The second kappa shape index (κ2) is 7.38. The van der Waals surface area contributed by atoms with Crippen LogP contribution in [0, 0.1) is 17.0 Å². The number of hydrogen-bond donors (Lipinski definition) is 0. The highest BCUT2D eigenvalue weighted by Crippen LogP contribution is 2.24. The fraction of sp³-hybridized carbons (Fsp3) is 0.444. The van der Waals surface area contributed by atoms with Crippen molar-refractivity contribution in [2.24, 2.45) is 0 Å². The minimum Gasteiger partial charge on any atom is -0.356 e. The second-order valence-corrected chi connectivity index (χ2v) is 6.25. The van der Waals surface area contributed by atoms with Crippen molar-refractivity contribution in [3.63, 3.8) is 0 Å². The van der Waals surface area contributed by atoms with Gasteiger partial charge in [0.1, 0.15) is 5.82 Å². The summed E-state index contributed by atoms with van der Waals surface area (Å²) in [5.74, 6) is 1.58. The molecular formula is C18H22N4O2. The number of aromatic nitrogens is 2. The van der Waals surface area contributed by atoms with Gasteiger partial charge in [-0.15, -0.1) is 0 Å². The van der Waals surface area contributed by atoms with Gasteiger partial charge in [0.2, 0.25) is 0 Å². The van der Waals surface area contributed by atoms with E-state index < -0.39 is 4.92 Å². The lowest BCUT2D eigenvalue weighted by atomic mass is 10.1. The van der Waals surface area contributed by atoms with Crippen LogP contribution in [0.4, 0.5) is 11.5 Å². The monoisotopic (exact) mass is 326 g/mol. The molecule has 1 aliphatic rings. The van der Waals surface area contributed by atoms with Gasteiger partial charge >= 0.3 is 0 Å². The van der Waals surface area contributed by atoms with Crippen molar-refractivity contribution in [1.82, 2.24) is 9.97 Å². The fourth-order valence-electron chi connectivity index (χ4n) is 3.05. The summed E-state index contributed by atoms with van der Waals surface area (Å²) >= 11 is 0. The van der Waals surface area contributed by atoms with E-state index in [0.29, 0.717) is 5.82 Å². The van der Waals surface area contributed by atoms with Crippen LogP contribution in [0.3, 0.4) is 0 Å². The third-order valence-corrected chi connectivity index (χ3v) is 4.36. The van der Waals surface area contributed by atoms with Crippen molar-refractivity contribution in [2.75, 3.05) is 18.0 Å². The number of nitrogens with zero attached hydrogens (tertiary/aromatic N) is 4. The van der Waals surface area contributed by atoms with Crippen molar-refractivity contribution in [3.8, 4) is 11.4 Å². The Labute approximate surface area is 141 Å². The van der Waals surface area contributed by atoms with Gasteiger partial charge in [-0.1, -0.05) is 19.3 Å². The van der Waals surface area contributed by atoms with Crippen LogP contribution in [0.2, 0.25) is 0 Å². The van der Waals surface area contributed by atoms with E-state index in [1.165, 1.54) is 44.2 Å². The average Bonchev–Trinajstić information content (AvgIpc) is 2.54. The number of benzene rings is 1. The maximum Gasteiger partial charge on any atom is 0.269 e. The fourth-order valence-corrected chi connectivity index (χ4v) is 3.05. The van der Waals surface area contributed by atoms with E-state index in [1.807, 2.05) is 13.0 Å². The number of nitro benzene ring substituents is 1. The Hall–Kier alpha value is -2.50. The highest BCUT2D eigenvalue weighted by atomic mass is 16.6. The first-order valence-corrected chi connectivity index (χ1v) is 8.49. The quantitative estimate of drug-likeness (QED) is 0.626. The predicted molar refractivity (Wildman–Crippen MR) is 94.2 cm³/mol. The van der Waals surface area contributed by atoms with Crippen LogP contribution in [0.25, 0.3) is 11.4 Å². The van der Waals surface area contributed by atoms with Crippen LogP contribution in [0.15, 0.2) is 30.3 Å². The molecule has 0 radical (unpaired) electrons. The molecule has 1 aromatic heterocycles. The third kappa shape index (κ3) is 3.88. The Balaban J connectivity index is 1.88. The van der Waals surface area contributed by atoms with Crippen LogP contribution in [0.5, 0.6) is 0 Å². The summed E-state index contributed by atoms with van der Waals surface area (Å²) in [6.07, 6.45) is 6.25. The summed E-state index contributed by atoms with van der Waals surface area (Å²) in [7, 11) is 0. The summed E-state index contributed by atoms with van der Waals surface area (Å²) in [5, 5.41) is 10.8. The lowest BCUT2D eigenvalue weighted by Gasteiger charge is -2.26. The summed E-state index contributed by atoms with van der Waals surface area (Å²) in [6.45, 7) is 4.01. The van der Waals surface area contributed by atoms with Gasteiger partial charge in [0.05, 0.1) is 4.92 Å². The lowest BCUT2D eigenvalue weighted by Crippen LogP contribution is -2.28. The Kier molecular flexibility index (Phi) is 5.03. The molecule has 1 aliphatic heterocycles. The van der Waals surface area contributed by atoms with Gasteiger partial charge in [0.25, 0.3) is 5.69 Å². The highest BCUT2D eigenvalue weighted by molar-refractivity contribution is 5.59. The summed E-state index contributed by atoms with van der Waals surface area (Å²) < 4.78 is 0. The predicted octanol–water partition coefficient (Wildman–Crippen LogP) is 4.13. The van der Waals surface area contributed by atoms with Gasteiger partial charge in [0, 0.05) is 42.5 Å². The molecule has 0 saturated carbocycles. The molecule has 0 N–H and O–H groups in total. The summed E-state index contributed by atoms with van der Waals surface area (Å²) in [6, 6.07) is 8.44. The Morgan fingerprint density at radius 2 is 1.62 bits per heavy atom.